The topological polar surface area (TPSA) is 34.5 Å². The highest BCUT2D eigenvalue weighted by atomic mass is 79.9. The van der Waals surface area contributed by atoms with Crippen LogP contribution >= 0.6 is 15.9 Å². The minimum atomic E-state index is -4.26. The zero-order chi connectivity index (χ0) is 24.1. The van der Waals surface area contributed by atoms with Crippen molar-refractivity contribution >= 4 is 32.9 Å². The van der Waals surface area contributed by atoms with Crippen molar-refractivity contribution in [3.8, 4) is 11.1 Å². The summed E-state index contributed by atoms with van der Waals surface area (Å²) in [5, 5.41) is 0.762. The first-order chi connectivity index (χ1) is 15.3. The van der Waals surface area contributed by atoms with Crippen LogP contribution in [0.2, 0.25) is 0 Å². The van der Waals surface area contributed by atoms with Gasteiger partial charge in [0.15, 0.2) is 0 Å². The van der Waals surface area contributed by atoms with Gasteiger partial charge in [0.1, 0.15) is 5.60 Å². The van der Waals surface area contributed by atoms with Gasteiger partial charge in [0.25, 0.3) is 0 Å². The van der Waals surface area contributed by atoms with Gasteiger partial charge < -0.3 is 14.2 Å². The smallest absolute Gasteiger partial charge is 0.410 e. The van der Waals surface area contributed by atoms with Gasteiger partial charge in [0, 0.05) is 41.2 Å². The van der Waals surface area contributed by atoms with Gasteiger partial charge in [-0.1, -0.05) is 34.1 Å². The summed E-state index contributed by atoms with van der Waals surface area (Å²) in [5.74, 6) is 0. The van der Waals surface area contributed by atoms with E-state index in [0.29, 0.717) is 19.5 Å². The van der Waals surface area contributed by atoms with Crippen molar-refractivity contribution in [3.05, 3.63) is 57.7 Å². The number of aromatic nitrogens is 1. The zero-order valence-electron chi connectivity index (χ0n) is 19.0. The lowest BCUT2D eigenvalue weighted by atomic mass is 9.94. The zero-order valence-corrected chi connectivity index (χ0v) is 20.6. The van der Waals surface area contributed by atoms with Crippen molar-refractivity contribution in [2.75, 3.05) is 6.54 Å². The summed E-state index contributed by atoms with van der Waals surface area (Å²) in [4.78, 5) is 14.1. The number of carbonyl (C=O) groups is 1. The Balaban J connectivity index is 1.63. The first kappa shape index (κ1) is 23.7. The quantitative estimate of drug-likeness (QED) is 0.362. The molecule has 1 aliphatic heterocycles. The molecule has 2 heterocycles. The molecule has 4 rings (SSSR count). The van der Waals surface area contributed by atoms with Crippen molar-refractivity contribution < 1.29 is 22.7 Å². The average molecular weight is 523 g/mol. The maximum Gasteiger partial charge on any atom is 0.410 e. The summed E-state index contributed by atoms with van der Waals surface area (Å²) in [6, 6.07) is 11.5. The number of hydrogen-bond acceptors (Lipinski definition) is 2. The number of halogens is 4. The van der Waals surface area contributed by atoms with Gasteiger partial charge in [-0.05, 0) is 67.6 Å². The molecule has 1 aromatic heterocycles. The molecule has 3 aromatic rings. The summed E-state index contributed by atoms with van der Waals surface area (Å²) in [7, 11) is 1.67. The third-order valence-corrected chi connectivity index (χ3v) is 6.45. The molecule has 0 atom stereocenters. The molecule has 176 valence electrons. The molecule has 0 saturated heterocycles. The Morgan fingerprint density at radius 1 is 1.09 bits per heavy atom. The third kappa shape index (κ3) is 5.21. The van der Waals surface area contributed by atoms with E-state index in [-0.39, 0.29) is 11.8 Å². The van der Waals surface area contributed by atoms with Gasteiger partial charge in [-0.25, -0.2) is 4.79 Å². The molecule has 0 fully saturated rings. The Labute approximate surface area is 199 Å². The van der Waals surface area contributed by atoms with Crippen LogP contribution in [0.15, 0.2) is 40.9 Å². The van der Waals surface area contributed by atoms with E-state index in [9.17, 15) is 18.0 Å². The van der Waals surface area contributed by atoms with Crippen molar-refractivity contribution in [1.82, 2.24) is 9.47 Å². The van der Waals surface area contributed by atoms with Crippen molar-refractivity contribution in [2.24, 2.45) is 7.05 Å². The van der Waals surface area contributed by atoms with E-state index in [1.807, 2.05) is 45.0 Å². The van der Waals surface area contributed by atoms with Crippen LogP contribution in [0, 0.1) is 0 Å². The van der Waals surface area contributed by atoms with E-state index in [1.54, 1.807) is 22.6 Å². The van der Waals surface area contributed by atoms with Crippen LogP contribution in [0.25, 0.3) is 22.0 Å². The molecule has 0 unspecified atom stereocenters. The Morgan fingerprint density at radius 2 is 1.82 bits per heavy atom. The molecule has 1 aliphatic rings. The average Bonchev–Trinajstić information content (AvgIpc) is 2.98. The fraction of sp³-hybridized carbons (Fsp3) is 0.400. The van der Waals surface area contributed by atoms with Crippen LogP contribution in [-0.2, 0) is 31.2 Å². The number of alkyl halides is 3. The largest absolute Gasteiger partial charge is 0.444 e. The molecule has 8 heteroatoms. The second-order valence-corrected chi connectivity index (χ2v) is 10.4. The second-order valence-electron chi connectivity index (χ2n) is 9.51. The molecule has 0 N–H and O–H groups in total. The summed E-state index contributed by atoms with van der Waals surface area (Å²) < 4.78 is 46.7. The van der Waals surface area contributed by atoms with Gasteiger partial charge in [-0.3, -0.25) is 0 Å². The number of rotatable bonds is 2. The van der Waals surface area contributed by atoms with Crippen molar-refractivity contribution in [2.45, 2.75) is 51.9 Å². The minimum Gasteiger partial charge on any atom is -0.444 e. The monoisotopic (exact) mass is 522 g/mol. The first-order valence-corrected chi connectivity index (χ1v) is 11.5. The number of fused-ring (bicyclic) bond motifs is 2. The number of ether oxygens (including phenoxy) is 1. The number of amides is 1. The molecular formula is C25H26BrF3N2O2. The molecule has 0 spiro atoms. The molecule has 0 saturated carbocycles. The number of carbonyl (C=O) groups excluding carboxylic acids is 1. The van der Waals surface area contributed by atoms with E-state index in [2.05, 4.69) is 22.0 Å². The van der Waals surface area contributed by atoms with E-state index in [4.69, 9.17) is 4.74 Å². The third-order valence-electron chi connectivity index (χ3n) is 5.79. The van der Waals surface area contributed by atoms with Crippen LogP contribution in [0.5, 0.6) is 0 Å². The summed E-state index contributed by atoms with van der Waals surface area (Å²) >= 11 is 3.60. The van der Waals surface area contributed by atoms with Gasteiger partial charge in [0.2, 0.25) is 0 Å². The van der Waals surface area contributed by atoms with Gasteiger partial charge in [-0.2, -0.15) is 13.2 Å². The maximum atomic E-state index is 12.9. The molecule has 0 aliphatic carbocycles. The SMILES string of the molecule is Cn1c(CC(F)(F)F)cc2cc(Br)c(-c3ccc4c(c3)CCN(C(=O)OC(C)(C)C)C4)cc21. The summed E-state index contributed by atoms with van der Waals surface area (Å²) in [6.07, 6.45) is -4.82. The normalized spacial score (nSPS) is 14.5. The highest BCUT2D eigenvalue weighted by Gasteiger charge is 2.30. The van der Waals surface area contributed by atoms with Crippen LogP contribution in [0.1, 0.15) is 37.6 Å². The van der Waals surface area contributed by atoms with Crippen molar-refractivity contribution in [3.63, 3.8) is 0 Å². The molecule has 1 amide bonds. The first-order valence-electron chi connectivity index (χ1n) is 10.8. The molecule has 33 heavy (non-hydrogen) atoms. The van der Waals surface area contributed by atoms with Crippen molar-refractivity contribution in [1.29, 1.82) is 0 Å². The van der Waals surface area contributed by atoms with E-state index in [0.717, 1.165) is 37.6 Å². The van der Waals surface area contributed by atoms with E-state index < -0.39 is 18.2 Å². The molecule has 0 radical (unpaired) electrons. The Kier molecular flexibility index (Phi) is 6.01. The molecule has 4 nitrogen and oxygen atoms in total. The predicted octanol–water partition coefficient (Wildman–Crippen LogP) is 7.01. The fourth-order valence-electron chi connectivity index (χ4n) is 4.21. The van der Waals surface area contributed by atoms with Crippen LogP contribution in [0.3, 0.4) is 0 Å². The van der Waals surface area contributed by atoms with Crippen LogP contribution in [0.4, 0.5) is 18.0 Å². The van der Waals surface area contributed by atoms with Gasteiger partial charge in [-0.15, -0.1) is 0 Å². The van der Waals surface area contributed by atoms with Gasteiger partial charge >= 0.3 is 12.3 Å². The number of nitrogens with zero attached hydrogens (tertiary/aromatic N) is 2. The lowest BCUT2D eigenvalue weighted by Gasteiger charge is -2.31. The summed E-state index contributed by atoms with van der Waals surface area (Å²) in [6.45, 7) is 6.61. The highest BCUT2D eigenvalue weighted by molar-refractivity contribution is 9.10. The Morgan fingerprint density at radius 3 is 2.48 bits per heavy atom. The van der Waals surface area contributed by atoms with Crippen LogP contribution < -0.4 is 0 Å². The van der Waals surface area contributed by atoms with E-state index >= 15 is 0 Å². The standard InChI is InChI=1S/C25H26BrF3N2O2/c1-24(2,3)33-23(32)31-8-7-15-9-16(5-6-17(15)14-31)20-12-22-18(11-21(20)26)10-19(30(22)4)13-25(27,28)29/h5-6,9-12H,7-8,13-14H2,1-4H3. The number of aryl methyl sites for hydroxylation is 1. The number of benzene rings is 2. The molecular weight excluding hydrogens is 497 g/mol. The second kappa shape index (κ2) is 8.38. The van der Waals surface area contributed by atoms with Gasteiger partial charge in [0.05, 0.1) is 6.42 Å². The maximum absolute atomic E-state index is 12.9. The minimum absolute atomic E-state index is 0.231. The summed E-state index contributed by atoms with van der Waals surface area (Å²) in [5.41, 5.74) is 4.56. The number of hydrogen-bond donors (Lipinski definition) is 0. The lowest BCUT2D eigenvalue weighted by molar-refractivity contribution is -0.128. The predicted molar refractivity (Wildman–Crippen MR) is 126 cm³/mol. The Bertz CT molecular complexity index is 1230. The molecule has 0 bridgehead atoms. The van der Waals surface area contributed by atoms with E-state index in [1.165, 1.54) is 0 Å². The molecule has 2 aromatic carbocycles. The highest BCUT2D eigenvalue weighted by Crippen LogP contribution is 2.36. The van der Waals surface area contributed by atoms with Crippen LogP contribution in [-0.4, -0.2) is 33.9 Å². The Hall–Kier alpha value is -2.48. The fourth-order valence-corrected chi connectivity index (χ4v) is 4.80. The lowest BCUT2D eigenvalue weighted by Crippen LogP contribution is -2.39.